The maximum Gasteiger partial charge on any atom is 0.141 e. The fourth-order valence-electron chi connectivity index (χ4n) is 2.32. The van der Waals surface area contributed by atoms with Gasteiger partial charge in [0.25, 0.3) is 0 Å². The van der Waals surface area contributed by atoms with Gasteiger partial charge in [0.1, 0.15) is 5.82 Å². The van der Waals surface area contributed by atoms with Crippen molar-refractivity contribution in [1.82, 2.24) is 0 Å². The zero-order chi connectivity index (χ0) is 14.1. The fourth-order valence-corrected chi connectivity index (χ4v) is 3.19. The van der Waals surface area contributed by atoms with E-state index in [1.807, 2.05) is 18.2 Å². The smallest absolute Gasteiger partial charge is 0.141 e. The van der Waals surface area contributed by atoms with Gasteiger partial charge < -0.3 is 0 Å². The molecule has 0 heterocycles. The zero-order valence-electron chi connectivity index (χ0n) is 10.5. The van der Waals surface area contributed by atoms with Crippen LogP contribution in [0.2, 0.25) is 5.02 Å². The van der Waals surface area contributed by atoms with E-state index >= 15 is 0 Å². The third kappa shape index (κ3) is 2.46. The molecule has 0 bridgehead atoms. The second kappa shape index (κ2) is 5.55. The van der Waals surface area contributed by atoms with Gasteiger partial charge in [0.2, 0.25) is 0 Å². The lowest BCUT2D eigenvalue weighted by Crippen LogP contribution is -1.95. The highest BCUT2D eigenvalue weighted by molar-refractivity contribution is 9.09. The summed E-state index contributed by atoms with van der Waals surface area (Å²) in [6.45, 7) is 0. The maximum atomic E-state index is 13.3. The Morgan fingerprint density at radius 2 is 1.70 bits per heavy atom. The van der Waals surface area contributed by atoms with Crippen LogP contribution < -0.4 is 0 Å². The summed E-state index contributed by atoms with van der Waals surface area (Å²) < 4.78 is 13.3. The maximum absolute atomic E-state index is 13.3. The molecule has 0 aliphatic heterocycles. The average Bonchev–Trinajstić information content (AvgIpc) is 2.49. The van der Waals surface area contributed by atoms with Crippen molar-refractivity contribution in [3.8, 4) is 0 Å². The van der Waals surface area contributed by atoms with E-state index in [0.29, 0.717) is 0 Å². The molecule has 0 saturated carbocycles. The van der Waals surface area contributed by atoms with Gasteiger partial charge in [-0.25, -0.2) is 4.39 Å². The first-order valence-corrected chi connectivity index (χ1v) is 7.53. The van der Waals surface area contributed by atoms with Gasteiger partial charge >= 0.3 is 0 Å². The normalized spacial score (nSPS) is 12.6. The summed E-state index contributed by atoms with van der Waals surface area (Å²) in [6.07, 6.45) is 0. The van der Waals surface area contributed by atoms with Crippen LogP contribution in [-0.2, 0) is 0 Å². The molecule has 3 aromatic rings. The van der Waals surface area contributed by atoms with Crippen LogP contribution in [0.3, 0.4) is 0 Å². The molecule has 0 aliphatic carbocycles. The van der Waals surface area contributed by atoms with Crippen LogP contribution in [0.15, 0.2) is 60.7 Å². The predicted octanol–water partition coefficient (Wildman–Crippen LogP) is 6.12. The summed E-state index contributed by atoms with van der Waals surface area (Å²) in [5, 5.41) is 2.51. The van der Waals surface area contributed by atoms with E-state index < -0.39 is 5.82 Å². The second-order valence-corrected chi connectivity index (χ2v) is 5.93. The van der Waals surface area contributed by atoms with E-state index in [9.17, 15) is 4.39 Å². The molecule has 0 N–H and O–H groups in total. The van der Waals surface area contributed by atoms with Gasteiger partial charge in [-0.2, -0.15) is 0 Å². The van der Waals surface area contributed by atoms with Crippen LogP contribution in [0.1, 0.15) is 16.0 Å². The quantitative estimate of drug-likeness (QED) is 0.489. The number of benzene rings is 3. The fraction of sp³-hybridized carbons (Fsp3) is 0.0588. The van der Waals surface area contributed by atoms with Gasteiger partial charge in [0.15, 0.2) is 0 Å². The van der Waals surface area contributed by atoms with Crippen LogP contribution in [-0.4, -0.2) is 0 Å². The lowest BCUT2D eigenvalue weighted by molar-refractivity contribution is 0.627. The van der Waals surface area contributed by atoms with Crippen LogP contribution in [0, 0.1) is 5.82 Å². The molecular formula is C17H11BrClF. The SMILES string of the molecule is Fc1ccc(C(Br)c2cccc3ccccc23)cc1Cl. The molecule has 1 unspecified atom stereocenters. The topological polar surface area (TPSA) is 0 Å². The van der Waals surface area contributed by atoms with E-state index in [1.165, 1.54) is 16.8 Å². The summed E-state index contributed by atoms with van der Waals surface area (Å²) in [6, 6.07) is 19.2. The Bertz CT molecular complexity index is 765. The molecule has 3 aromatic carbocycles. The largest absolute Gasteiger partial charge is 0.205 e. The molecule has 20 heavy (non-hydrogen) atoms. The number of alkyl halides is 1. The molecule has 0 amide bonds. The van der Waals surface area contributed by atoms with E-state index in [4.69, 9.17) is 11.6 Å². The van der Waals surface area contributed by atoms with Crippen molar-refractivity contribution in [2.45, 2.75) is 4.83 Å². The van der Waals surface area contributed by atoms with Gasteiger partial charge in [-0.1, -0.05) is 76.1 Å². The highest BCUT2D eigenvalue weighted by Crippen LogP contribution is 2.36. The third-order valence-electron chi connectivity index (χ3n) is 3.33. The van der Waals surface area contributed by atoms with Crippen molar-refractivity contribution in [3.05, 3.63) is 82.6 Å². The van der Waals surface area contributed by atoms with E-state index in [1.54, 1.807) is 12.1 Å². The standard InChI is InChI=1S/C17H11BrClF/c18-17(12-8-9-16(20)15(19)10-12)14-7-3-5-11-4-1-2-6-13(11)14/h1-10,17H. The molecule has 0 radical (unpaired) electrons. The molecular weight excluding hydrogens is 339 g/mol. The number of fused-ring (bicyclic) bond motifs is 1. The van der Waals surface area contributed by atoms with Gasteiger partial charge in [0.05, 0.1) is 9.85 Å². The van der Waals surface area contributed by atoms with Crippen molar-refractivity contribution in [2.75, 3.05) is 0 Å². The van der Waals surface area contributed by atoms with Gasteiger partial charge in [-0.05, 0) is 34.0 Å². The molecule has 3 heteroatoms. The molecule has 0 fully saturated rings. The third-order valence-corrected chi connectivity index (χ3v) is 4.64. The van der Waals surface area contributed by atoms with Gasteiger partial charge in [0, 0.05) is 0 Å². The van der Waals surface area contributed by atoms with Crippen LogP contribution >= 0.6 is 27.5 Å². The monoisotopic (exact) mass is 348 g/mol. The van der Waals surface area contributed by atoms with Crippen molar-refractivity contribution >= 4 is 38.3 Å². The number of hydrogen-bond acceptors (Lipinski definition) is 0. The summed E-state index contributed by atoms with van der Waals surface area (Å²) in [7, 11) is 0. The first-order valence-electron chi connectivity index (χ1n) is 6.23. The van der Waals surface area contributed by atoms with Crippen LogP contribution in [0.4, 0.5) is 4.39 Å². The highest BCUT2D eigenvalue weighted by Gasteiger charge is 2.14. The molecule has 100 valence electrons. The summed E-state index contributed by atoms with van der Waals surface area (Å²) in [5.74, 6) is -0.395. The van der Waals surface area contributed by atoms with E-state index in [0.717, 1.165) is 11.1 Å². The Kier molecular flexibility index (Phi) is 3.77. The Morgan fingerprint density at radius 1 is 0.950 bits per heavy atom. The minimum atomic E-state index is -0.395. The first kappa shape index (κ1) is 13.6. The minimum absolute atomic E-state index is 0.0216. The van der Waals surface area contributed by atoms with Crippen molar-refractivity contribution < 1.29 is 4.39 Å². The number of rotatable bonds is 2. The van der Waals surface area contributed by atoms with Crippen molar-refractivity contribution in [3.63, 3.8) is 0 Å². The van der Waals surface area contributed by atoms with Crippen LogP contribution in [0.5, 0.6) is 0 Å². The summed E-state index contributed by atoms with van der Waals surface area (Å²) in [5.41, 5.74) is 2.08. The molecule has 3 rings (SSSR count). The average molecular weight is 350 g/mol. The van der Waals surface area contributed by atoms with Crippen LogP contribution in [0.25, 0.3) is 10.8 Å². The Labute approximate surface area is 130 Å². The molecule has 1 atom stereocenters. The first-order chi connectivity index (χ1) is 9.66. The van der Waals surface area contributed by atoms with E-state index in [-0.39, 0.29) is 9.85 Å². The molecule has 0 nitrogen and oxygen atoms in total. The Balaban J connectivity index is 2.12. The second-order valence-electron chi connectivity index (χ2n) is 4.60. The molecule has 0 aliphatic rings. The molecule has 0 aromatic heterocycles. The van der Waals surface area contributed by atoms with Crippen molar-refractivity contribution in [1.29, 1.82) is 0 Å². The lowest BCUT2D eigenvalue weighted by atomic mass is 9.98. The number of halogens is 3. The highest BCUT2D eigenvalue weighted by atomic mass is 79.9. The van der Waals surface area contributed by atoms with Crippen molar-refractivity contribution in [2.24, 2.45) is 0 Å². The molecule has 0 spiro atoms. The summed E-state index contributed by atoms with van der Waals surface area (Å²) >= 11 is 9.56. The lowest BCUT2D eigenvalue weighted by Gasteiger charge is -2.14. The Hall–Kier alpha value is -1.38. The zero-order valence-corrected chi connectivity index (χ0v) is 12.8. The Morgan fingerprint density at radius 3 is 2.50 bits per heavy atom. The van der Waals surface area contributed by atoms with Gasteiger partial charge in [-0.15, -0.1) is 0 Å². The van der Waals surface area contributed by atoms with E-state index in [2.05, 4.69) is 40.2 Å². The minimum Gasteiger partial charge on any atom is -0.205 e. The van der Waals surface area contributed by atoms with Gasteiger partial charge in [-0.3, -0.25) is 0 Å². The number of hydrogen-bond donors (Lipinski definition) is 0. The summed E-state index contributed by atoms with van der Waals surface area (Å²) in [4.78, 5) is -0.0216. The molecule has 0 saturated heterocycles. The predicted molar refractivity (Wildman–Crippen MR) is 86.1 cm³/mol.